The third-order valence-electron chi connectivity index (χ3n) is 7.74. The van der Waals surface area contributed by atoms with E-state index in [2.05, 4.69) is 52.2 Å². The van der Waals surface area contributed by atoms with Gasteiger partial charge in [0.2, 0.25) is 0 Å². The third-order valence-corrected chi connectivity index (χ3v) is 10.7. The molecule has 0 saturated carbocycles. The lowest BCUT2D eigenvalue weighted by Crippen LogP contribution is -2.45. The summed E-state index contributed by atoms with van der Waals surface area (Å²) in [6, 6.07) is 16.6. The smallest absolute Gasteiger partial charge is 0.152 e. The van der Waals surface area contributed by atoms with Gasteiger partial charge in [0, 0.05) is 50.1 Å². The zero-order valence-corrected chi connectivity index (χ0v) is 25.0. The minimum Gasteiger partial charge on any atom is -0.612 e. The molecule has 0 bridgehead atoms. The highest BCUT2D eigenvalue weighted by molar-refractivity contribution is 7.99. The number of nitrogens with zero attached hydrogens (tertiary/aromatic N) is 4. The van der Waals surface area contributed by atoms with Crippen LogP contribution in [0.2, 0.25) is 0 Å². The molecule has 3 heterocycles. The van der Waals surface area contributed by atoms with Crippen molar-refractivity contribution < 1.29 is 9.11 Å². The summed E-state index contributed by atoms with van der Waals surface area (Å²) < 4.78 is 23.8. The quantitative estimate of drug-likeness (QED) is 0.448. The molecule has 2 aromatic carbocycles. The van der Waals surface area contributed by atoms with Crippen molar-refractivity contribution >= 4 is 45.9 Å². The molecule has 2 saturated heterocycles. The Kier molecular flexibility index (Phi) is 9.46. The number of likely N-dealkylation sites (N-methyl/N-ethyl adjacent to an activating group) is 1. The third kappa shape index (κ3) is 6.63. The van der Waals surface area contributed by atoms with Crippen LogP contribution in [0.4, 0.5) is 0 Å². The summed E-state index contributed by atoms with van der Waals surface area (Å²) in [7, 11) is 2.20. The molecule has 0 spiro atoms. The number of piperazine rings is 1. The fourth-order valence-corrected chi connectivity index (χ4v) is 7.73. The molecule has 204 valence electrons. The second kappa shape index (κ2) is 12.8. The predicted octanol–water partition coefficient (Wildman–Crippen LogP) is 3.96. The van der Waals surface area contributed by atoms with Gasteiger partial charge in [-0.05, 0) is 102 Å². The first-order chi connectivity index (χ1) is 18.4. The topological polar surface area (TPSA) is 68.2 Å². The molecule has 2 fully saturated rings. The van der Waals surface area contributed by atoms with E-state index in [0.717, 1.165) is 72.5 Å². The Morgan fingerprint density at radius 2 is 1.55 bits per heavy atom. The lowest BCUT2D eigenvalue weighted by Gasteiger charge is -2.33. The van der Waals surface area contributed by atoms with Crippen LogP contribution in [-0.4, -0.2) is 100.0 Å². The second-order valence-corrected chi connectivity index (χ2v) is 14.2. The lowest BCUT2D eigenvalue weighted by atomic mass is 9.87. The second-order valence-electron chi connectivity index (χ2n) is 10.4. The molecule has 3 aliphatic rings. The van der Waals surface area contributed by atoms with Gasteiger partial charge in [-0.3, -0.25) is 5.01 Å². The molecule has 2 aromatic rings. The van der Waals surface area contributed by atoms with Gasteiger partial charge in [-0.25, -0.2) is 0 Å². The minimum atomic E-state index is -0.983. The van der Waals surface area contributed by atoms with E-state index in [1.165, 1.54) is 16.8 Å². The molecule has 0 aromatic heterocycles. The van der Waals surface area contributed by atoms with Gasteiger partial charge in [-0.1, -0.05) is 12.1 Å². The normalized spacial score (nSPS) is 25.3. The number of hydrogen-bond donors (Lipinski definition) is 0. The van der Waals surface area contributed by atoms with Crippen molar-refractivity contribution in [3.8, 4) is 0 Å². The van der Waals surface area contributed by atoms with Crippen LogP contribution in [0.3, 0.4) is 0 Å². The maximum absolute atomic E-state index is 12.0. The molecule has 4 unspecified atom stereocenters. The number of hydrazone groups is 1. The molecule has 0 amide bonds. The van der Waals surface area contributed by atoms with E-state index in [1.807, 2.05) is 36.0 Å². The van der Waals surface area contributed by atoms with Gasteiger partial charge >= 0.3 is 0 Å². The van der Waals surface area contributed by atoms with Crippen LogP contribution in [0, 0.1) is 5.92 Å². The maximum atomic E-state index is 12.0. The Bertz CT molecular complexity index is 1130. The van der Waals surface area contributed by atoms with Crippen LogP contribution >= 0.6 is 11.8 Å². The van der Waals surface area contributed by atoms with E-state index in [9.17, 15) is 9.11 Å². The average molecular weight is 571 g/mol. The van der Waals surface area contributed by atoms with Gasteiger partial charge in [0.15, 0.2) is 9.79 Å². The number of thioether (sulfide) groups is 1. The van der Waals surface area contributed by atoms with Gasteiger partial charge in [0.1, 0.15) is 12.5 Å². The Morgan fingerprint density at radius 3 is 2.18 bits per heavy atom. The molecular weight excluding hydrogens is 533 g/mol. The molecule has 4 atom stereocenters. The lowest BCUT2D eigenvalue weighted by molar-refractivity contribution is 0.139. The zero-order chi connectivity index (χ0) is 26.6. The highest BCUT2D eigenvalue weighted by Gasteiger charge is 2.41. The standard InChI is InChI=1S/C29H38N4O2S3/c1-31-15-17-32(18-16-31)13-4-14-33-29(23-7-11-26(12-8-23)38(3)35)27-21-36-20-24(28(27)30-33)19-22-5-9-25(10-6-22)37(2)34/h5-12,19,27,29H,4,13-18,20-21H2,1-3H3/b24-19-. The fourth-order valence-electron chi connectivity index (χ4n) is 5.52. The van der Waals surface area contributed by atoms with E-state index in [0.29, 0.717) is 5.92 Å². The van der Waals surface area contributed by atoms with Crippen molar-refractivity contribution in [3.05, 3.63) is 65.2 Å². The van der Waals surface area contributed by atoms with E-state index in [-0.39, 0.29) is 6.04 Å². The summed E-state index contributed by atoms with van der Waals surface area (Å²) in [6.07, 6.45) is 6.79. The number of benzene rings is 2. The molecule has 5 rings (SSSR count). The first kappa shape index (κ1) is 28.1. The van der Waals surface area contributed by atoms with Crippen LogP contribution in [0.25, 0.3) is 6.08 Å². The number of hydrogen-bond acceptors (Lipinski definition) is 7. The summed E-state index contributed by atoms with van der Waals surface area (Å²) in [4.78, 5) is 6.69. The van der Waals surface area contributed by atoms with Crippen LogP contribution < -0.4 is 0 Å². The van der Waals surface area contributed by atoms with Gasteiger partial charge < -0.3 is 18.9 Å². The summed E-state index contributed by atoms with van der Waals surface area (Å²) in [6.45, 7) is 6.59. The van der Waals surface area contributed by atoms with Crippen molar-refractivity contribution in [2.45, 2.75) is 22.3 Å². The summed E-state index contributed by atoms with van der Waals surface area (Å²) in [5, 5.41) is 7.61. The predicted molar refractivity (Wildman–Crippen MR) is 162 cm³/mol. The summed E-state index contributed by atoms with van der Waals surface area (Å²) in [5.41, 5.74) is 4.87. The van der Waals surface area contributed by atoms with E-state index >= 15 is 0 Å². The van der Waals surface area contributed by atoms with Gasteiger partial charge in [-0.2, -0.15) is 16.9 Å². The highest BCUT2D eigenvalue weighted by Crippen LogP contribution is 2.43. The Morgan fingerprint density at radius 1 is 0.921 bits per heavy atom. The van der Waals surface area contributed by atoms with Gasteiger partial charge in [0.05, 0.1) is 11.8 Å². The minimum absolute atomic E-state index is 0.193. The molecule has 0 N–H and O–H groups in total. The van der Waals surface area contributed by atoms with E-state index in [1.54, 1.807) is 12.5 Å². The monoisotopic (exact) mass is 570 g/mol. The van der Waals surface area contributed by atoms with Crippen molar-refractivity contribution in [3.63, 3.8) is 0 Å². The van der Waals surface area contributed by atoms with Crippen LogP contribution in [0.5, 0.6) is 0 Å². The van der Waals surface area contributed by atoms with Crippen molar-refractivity contribution in [2.24, 2.45) is 11.0 Å². The molecule has 6 nitrogen and oxygen atoms in total. The van der Waals surface area contributed by atoms with Gasteiger partial charge in [0.25, 0.3) is 0 Å². The average Bonchev–Trinajstić information content (AvgIpc) is 3.29. The zero-order valence-electron chi connectivity index (χ0n) is 22.5. The Balaban J connectivity index is 1.37. The first-order valence-corrected chi connectivity index (χ1v) is 17.6. The number of fused-ring (bicyclic) bond motifs is 1. The SMILES string of the molecule is CN1CCN(CCCN2N=C3/C(=C\c4ccc([S+](C)[O-])cc4)CSCC3C2c2ccc([S+](C)[O-])cc2)CC1. The van der Waals surface area contributed by atoms with E-state index < -0.39 is 22.4 Å². The highest BCUT2D eigenvalue weighted by atomic mass is 32.2. The molecular formula is C29H38N4O2S3. The largest absolute Gasteiger partial charge is 0.612 e. The fraction of sp³-hybridized carbons (Fsp3) is 0.483. The van der Waals surface area contributed by atoms with Crippen LogP contribution in [-0.2, 0) is 22.4 Å². The number of rotatable bonds is 8. The Labute approximate surface area is 237 Å². The van der Waals surface area contributed by atoms with Crippen LogP contribution in [0.1, 0.15) is 23.6 Å². The van der Waals surface area contributed by atoms with E-state index in [4.69, 9.17) is 5.10 Å². The molecule has 3 aliphatic heterocycles. The van der Waals surface area contributed by atoms with Crippen molar-refractivity contribution in [1.82, 2.24) is 14.8 Å². The van der Waals surface area contributed by atoms with Crippen LogP contribution in [0.15, 0.2) is 69.0 Å². The Hall–Kier alpha value is -1.46. The van der Waals surface area contributed by atoms with Crippen molar-refractivity contribution in [1.29, 1.82) is 0 Å². The summed E-state index contributed by atoms with van der Waals surface area (Å²) >= 11 is 0.0223. The first-order valence-electron chi connectivity index (χ1n) is 13.3. The molecule has 9 heteroatoms. The maximum Gasteiger partial charge on any atom is 0.152 e. The summed E-state index contributed by atoms with van der Waals surface area (Å²) in [5.74, 6) is 2.32. The molecule has 0 radical (unpaired) electrons. The van der Waals surface area contributed by atoms with Crippen molar-refractivity contribution in [2.75, 3.05) is 70.3 Å². The molecule has 38 heavy (non-hydrogen) atoms. The molecule has 0 aliphatic carbocycles. The van der Waals surface area contributed by atoms with Gasteiger partial charge in [-0.15, -0.1) is 0 Å².